The van der Waals surface area contributed by atoms with Crippen molar-refractivity contribution >= 4 is 33.7 Å². The van der Waals surface area contributed by atoms with Crippen LogP contribution in [0.5, 0.6) is 0 Å². The highest BCUT2D eigenvalue weighted by atomic mass is 35.5. The molecule has 2 aromatic heterocycles. The van der Waals surface area contributed by atoms with Crippen molar-refractivity contribution in [1.29, 1.82) is 0 Å². The minimum Gasteiger partial charge on any atom is -0.451 e. The lowest BCUT2D eigenvalue weighted by Gasteiger charge is -2.20. The maximum absolute atomic E-state index is 6.28. The molecule has 0 unspecified atom stereocenters. The summed E-state index contributed by atoms with van der Waals surface area (Å²) in [7, 11) is 0. The molecule has 5 heteroatoms. The molecular weight excluding hydrogens is 276 g/mol. The van der Waals surface area contributed by atoms with E-state index in [0.717, 1.165) is 48.4 Å². The molecular formula is C15H13ClN2O2. The Morgan fingerprint density at radius 3 is 2.75 bits per heavy atom. The zero-order valence-corrected chi connectivity index (χ0v) is 11.6. The molecule has 0 aliphatic carbocycles. The SMILES string of the molecule is Clc1nc(C2CCOCC2)nc2c1oc1ccccc12. The lowest BCUT2D eigenvalue weighted by molar-refractivity contribution is 0.0836. The average Bonchev–Trinajstić information content (AvgIpc) is 2.88. The van der Waals surface area contributed by atoms with Crippen molar-refractivity contribution in [3.05, 3.63) is 35.2 Å². The van der Waals surface area contributed by atoms with Crippen LogP contribution >= 0.6 is 11.6 Å². The van der Waals surface area contributed by atoms with Crippen molar-refractivity contribution in [3.8, 4) is 0 Å². The molecule has 0 spiro atoms. The molecule has 4 rings (SSSR count). The Bertz CT molecular complexity index is 778. The molecule has 4 nitrogen and oxygen atoms in total. The number of benzene rings is 1. The largest absolute Gasteiger partial charge is 0.451 e. The van der Waals surface area contributed by atoms with E-state index in [1.54, 1.807) is 0 Å². The topological polar surface area (TPSA) is 48.2 Å². The second-order valence-electron chi connectivity index (χ2n) is 5.04. The van der Waals surface area contributed by atoms with E-state index in [-0.39, 0.29) is 0 Å². The predicted molar refractivity (Wildman–Crippen MR) is 77.1 cm³/mol. The van der Waals surface area contributed by atoms with Crippen LogP contribution in [0.2, 0.25) is 5.15 Å². The van der Waals surface area contributed by atoms with Gasteiger partial charge >= 0.3 is 0 Å². The van der Waals surface area contributed by atoms with Gasteiger partial charge in [-0.15, -0.1) is 0 Å². The number of furan rings is 1. The second kappa shape index (κ2) is 4.72. The van der Waals surface area contributed by atoms with Gasteiger partial charge in [-0.25, -0.2) is 9.97 Å². The van der Waals surface area contributed by atoms with Crippen LogP contribution in [0.4, 0.5) is 0 Å². The van der Waals surface area contributed by atoms with Crippen molar-refractivity contribution < 1.29 is 9.15 Å². The molecule has 0 amide bonds. The number of hydrogen-bond acceptors (Lipinski definition) is 4. The molecule has 1 saturated heterocycles. The van der Waals surface area contributed by atoms with Gasteiger partial charge in [0.1, 0.15) is 16.9 Å². The van der Waals surface area contributed by atoms with E-state index in [1.807, 2.05) is 24.3 Å². The van der Waals surface area contributed by atoms with Crippen LogP contribution in [0.3, 0.4) is 0 Å². The van der Waals surface area contributed by atoms with Gasteiger partial charge in [-0.2, -0.15) is 0 Å². The Labute approximate surface area is 120 Å². The van der Waals surface area contributed by atoms with Crippen molar-refractivity contribution in [1.82, 2.24) is 9.97 Å². The molecule has 1 aliphatic heterocycles. The van der Waals surface area contributed by atoms with Gasteiger partial charge in [0.05, 0.1) is 0 Å². The molecule has 0 saturated carbocycles. The molecule has 0 N–H and O–H groups in total. The van der Waals surface area contributed by atoms with E-state index >= 15 is 0 Å². The monoisotopic (exact) mass is 288 g/mol. The Morgan fingerprint density at radius 2 is 1.90 bits per heavy atom. The zero-order valence-electron chi connectivity index (χ0n) is 10.8. The van der Waals surface area contributed by atoms with E-state index in [1.165, 1.54) is 0 Å². The smallest absolute Gasteiger partial charge is 0.191 e. The van der Waals surface area contributed by atoms with E-state index in [0.29, 0.717) is 16.7 Å². The highest BCUT2D eigenvalue weighted by molar-refractivity contribution is 6.34. The van der Waals surface area contributed by atoms with E-state index in [9.17, 15) is 0 Å². The summed E-state index contributed by atoms with van der Waals surface area (Å²) in [4.78, 5) is 9.13. The highest BCUT2D eigenvalue weighted by Crippen LogP contribution is 2.33. The normalized spacial score (nSPS) is 17.1. The number of aromatic nitrogens is 2. The number of rotatable bonds is 1. The van der Waals surface area contributed by atoms with Crippen molar-refractivity contribution in [2.45, 2.75) is 18.8 Å². The van der Waals surface area contributed by atoms with Gasteiger partial charge in [0.15, 0.2) is 10.7 Å². The van der Waals surface area contributed by atoms with Crippen molar-refractivity contribution in [2.24, 2.45) is 0 Å². The maximum atomic E-state index is 6.28. The van der Waals surface area contributed by atoms with E-state index in [4.69, 9.17) is 25.7 Å². The number of para-hydroxylation sites is 1. The average molecular weight is 289 g/mol. The summed E-state index contributed by atoms with van der Waals surface area (Å²) in [6.45, 7) is 1.52. The molecule has 1 fully saturated rings. The number of nitrogens with zero attached hydrogens (tertiary/aromatic N) is 2. The fourth-order valence-electron chi connectivity index (χ4n) is 2.71. The number of halogens is 1. The van der Waals surface area contributed by atoms with Crippen LogP contribution in [-0.4, -0.2) is 23.2 Å². The lowest BCUT2D eigenvalue weighted by atomic mass is 9.99. The molecule has 1 aromatic carbocycles. The Balaban J connectivity index is 1.93. The second-order valence-corrected chi connectivity index (χ2v) is 5.39. The molecule has 1 aliphatic rings. The summed E-state index contributed by atoms with van der Waals surface area (Å²) >= 11 is 6.28. The van der Waals surface area contributed by atoms with Crippen molar-refractivity contribution in [3.63, 3.8) is 0 Å². The van der Waals surface area contributed by atoms with Gasteiger partial charge in [-0.3, -0.25) is 0 Å². The third-order valence-corrected chi connectivity index (χ3v) is 4.04. The fourth-order valence-corrected chi connectivity index (χ4v) is 2.93. The molecule has 0 bridgehead atoms. The molecule has 3 aromatic rings. The van der Waals surface area contributed by atoms with E-state index in [2.05, 4.69) is 4.98 Å². The lowest BCUT2D eigenvalue weighted by Crippen LogP contribution is -2.16. The molecule has 20 heavy (non-hydrogen) atoms. The number of hydrogen-bond donors (Lipinski definition) is 0. The first-order valence-corrected chi connectivity index (χ1v) is 7.13. The summed E-state index contributed by atoms with van der Waals surface area (Å²) in [5.41, 5.74) is 2.17. The van der Waals surface area contributed by atoms with Crippen LogP contribution in [0.15, 0.2) is 28.7 Å². The molecule has 0 radical (unpaired) electrons. The van der Waals surface area contributed by atoms with Gasteiger partial charge in [0.25, 0.3) is 0 Å². The van der Waals surface area contributed by atoms with Gasteiger partial charge in [0, 0.05) is 24.5 Å². The van der Waals surface area contributed by atoms with Crippen molar-refractivity contribution in [2.75, 3.05) is 13.2 Å². The quantitative estimate of drug-likeness (QED) is 0.637. The molecule has 102 valence electrons. The summed E-state index contributed by atoms with van der Waals surface area (Å²) < 4.78 is 11.1. The minimum absolute atomic E-state index is 0.319. The van der Waals surface area contributed by atoms with Crippen LogP contribution in [0, 0.1) is 0 Å². The van der Waals surface area contributed by atoms with Gasteiger partial charge in [-0.1, -0.05) is 23.7 Å². The summed E-state index contributed by atoms with van der Waals surface area (Å²) in [6.07, 6.45) is 1.88. The maximum Gasteiger partial charge on any atom is 0.191 e. The zero-order chi connectivity index (χ0) is 13.5. The van der Waals surface area contributed by atoms with Gasteiger partial charge in [-0.05, 0) is 25.0 Å². The third-order valence-electron chi connectivity index (χ3n) is 3.78. The van der Waals surface area contributed by atoms with Crippen LogP contribution in [0.1, 0.15) is 24.6 Å². The third kappa shape index (κ3) is 1.87. The standard InChI is InChI=1S/C15H13ClN2O2/c16-14-13-12(10-3-1-2-4-11(10)20-13)17-15(18-14)9-5-7-19-8-6-9/h1-4,9H,5-8H2. The Morgan fingerprint density at radius 1 is 1.10 bits per heavy atom. The summed E-state index contributed by atoms with van der Waals surface area (Å²) in [5.74, 6) is 1.12. The molecule has 0 atom stereocenters. The highest BCUT2D eigenvalue weighted by Gasteiger charge is 2.22. The first-order valence-electron chi connectivity index (χ1n) is 6.75. The number of fused-ring (bicyclic) bond motifs is 3. The Kier molecular flexibility index (Phi) is 2.86. The fraction of sp³-hybridized carbons (Fsp3) is 0.333. The van der Waals surface area contributed by atoms with Gasteiger partial charge < -0.3 is 9.15 Å². The summed E-state index contributed by atoms with van der Waals surface area (Å²) in [6, 6.07) is 7.83. The first kappa shape index (κ1) is 12.1. The van der Waals surface area contributed by atoms with Gasteiger partial charge in [0.2, 0.25) is 0 Å². The van der Waals surface area contributed by atoms with Crippen LogP contribution in [-0.2, 0) is 4.74 Å². The summed E-state index contributed by atoms with van der Waals surface area (Å²) in [5, 5.41) is 1.38. The Hall–Kier alpha value is -1.65. The predicted octanol–water partition coefficient (Wildman–Crippen LogP) is 3.92. The first-order chi connectivity index (χ1) is 9.83. The van der Waals surface area contributed by atoms with E-state index < -0.39 is 0 Å². The minimum atomic E-state index is 0.319. The van der Waals surface area contributed by atoms with Crippen LogP contribution < -0.4 is 0 Å². The van der Waals surface area contributed by atoms with Crippen LogP contribution in [0.25, 0.3) is 22.1 Å². The number of ether oxygens (including phenoxy) is 1. The molecule has 3 heterocycles.